The molecule has 0 aliphatic carbocycles. The summed E-state index contributed by atoms with van der Waals surface area (Å²) in [6, 6.07) is 12.0. The first-order chi connectivity index (χ1) is 10.2. The van der Waals surface area contributed by atoms with Crippen molar-refractivity contribution in [3.63, 3.8) is 0 Å². The highest BCUT2D eigenvalue weighted by Gasteiger charge is 2.23. The zero-order valence-corrected chi connectivity index (χ0v) is 11.4. The molecule has 2 aromatic rings. The van der Waals surface area contributed by atoms with Gasteiger partial charge in [-0.3, -0.25) is 0 Å². The average molecular weight is 284 g/mol. The second-order valence-corrected chi connectivity index (χ2v) is 4.95. The molecule has 0 saturated carbocycles. The van der Waals surface area contributed by atoms with Gasteiger partial charge in [-0.2, -0.15) is 0 Å². The Morgan fingerprint density at radius 1 is 1.00 bits per heavy atom. The van der Waals surface area contributed by atoms with Crippen molar-refractivity contribution in [1.82, 2.24) is 0 Å². The number of hydrogen-bond acceptors (Lipinski definition) is 4. The lowest BCUT2D eigenvalue weighted by Crippen LogP contribution is -2.03. The summed E-state index contributed by atoms with van der Waals surface area (Å²) in [7, 11) is 0. The first kappa shape index (κ1) is 13.5. The molecule has 4 nitrogen and oxygen atoms in total. The molecule has 0 aromatic heterocycles. The fraction of sp³-hybridized carbons (Fsp3) is 0.176. The van der Waals surface area contributed by atoms with Gasteiger partial charge in [-0.15, -0.1) is 0 Å². The van der Waals surface area contributed by atoms with Crippen LogP contribution in [0.1, 0.15) is 11.1 Å². The van der Waals surface area contributed by atoms with Crippen molar-refractivity contribution in [1.29, 1.82) is 0 Å². The minimum absolute atomic E-state index is 0.162. The summed E-state index contributed by atoms with van der Waals surface area (Å²) in [6.45, 7) is 1.25. The van der Waals surface area contributed by atoms with E-state index in [1.165, 1.54) is 0 Å². The van der Waals surface area contributed by atoms with Gasteiger partial charge < -0.3 is 19.7 Å². The highest BCUT2D eigenvalue weighted by Crippen LogP contribution is 2.24. The summed E-state index contributed by atoms with van der Waals surface area (Å²) in [5.74, 6) is 1.02. The quantitative estimate of drug-likeness (QED) is 0.654. The molecule has 2 N–H and O–H groups in total. The van der Waals surface area contributed by atoms with Crippen molar-refractivity contribution < 1.29 is 19.7 Å². The third-order valence-electron chi connectivity index (χ3n) is 3.11. The molecule has 1 saturated heterocycles. The van der Waals surface area contributed by atoms with Crippen molar-refractivity contribution >= 4 is 12.2 Å². The highest BCUT2D eigenvalue weighted by molar-refractivity contribution is 5.71. The number of ether oxygens (including phenoxy) is 2. The summed E-state index contributed by atoms with van der Waals surface area (Å²) >= 11 is 0. The molecule has 0 spiro atoms. The predicted octanol–water partition coefficient (Wildman–Crippen LogP) is 3.05. The van der Waals surface area contributed by atoms with E-state index in [0.717, 1.165) is 17.7 Å². The van der Waals surface area contributed by atoms with Gasteiger partial charge in [-0.1, -0.05) is 24.3 Å². The van der Waals surface area contributed by atoms with E-state index in [1.54, 1.807) is 24.3 Å². The van der Waals surface area contributed by atoms with Crippen LogP contribution in [0.3, 0.4) is 0 Å². The third-order valence-corrected chi connectivity index (χ3v) is 3.11. The Kier molecular flexibility index (Phi) is 3.79. The monoisotopic (exact) mass is 284 g/mol. The van der Waals surface area contributed by atoms with Crippen molar-refractivity contribution in [3.05, 3.63) is 53.6 Å². The maximum Gasteiger partial charge on any atom is 0.123 e. The number of aromatic hydroxyl groups is 2. The molecule has 4 heteroatoms. The van der Waals surface area contributed by atoms with Crippen LogP contribution in [0, 0.1) is 0 Å². The predicted molar refractivity (Wildman–Crippen MR) is 80.4 cm³/mol. The van der Waals surface area contributed by atoms with Crippen LogP contribution in [0.15, 0.2) is 42.5 Å². The Bertz CT molecular complexity index is 642. The molecular formula is C17H16O4. The van der Waals surface area contributed by atoms with Crippen LogP contribution in [-0.4, -0.2) is 29.5 Å². The normalized spacial score (nSPS) is 17.0. The summed E-state index contributed by atoms with van der Waals surface area (Å²) < 4.78 is 10.7. The van der Waals surface area contributed by atoms with Gasteiger partial charge in [-0.25, -0.2) is 0 Å². The molecular weight excluding hydrogens is 268 g/mol. The van der Waals surface area contributed by atoms with Gasteiger partial charge in [0.1, 0.15) is 30.0 Å². The fourth-order valence-corrected chi connectivity index (χ4v) is 1.92. The molecule has 1 heterocycles. The van der Waals surface area contributed by atoms with Crippen molar-refractivity contribution in [3.8, 4) is 17.2 Å². The molecule has 1 atom stereocenters. The second-order valence-electron chi connectivity index (χ2n) is 4.95. The Balaban J connectivity index is 1.72. The molecule has 0 bridgehead atoms. The Morgan fingerprint density at radius 3 is 2.43 bits per heavy atom. The average Bonchev–Trinajstić information content (AvgIpc) is 3.28. The van der Waals surface area contributed by atoms with Crippen molar-refractivity contribution in [2.45, 2.75) is 6.10 Å². The molecule has 108 valence electrons. The minimum Gasteiger partial charge on any atom is -0.508 e. The lowest BCUT2D eigenvalue weighted by Gasteiger charge is -2.06. The fourth-order valence-electron chi connectivity index (χ4n) is 1.92. The summed E-state index contributed by atoms with van der Waals surface area (Å²) in [6.07, 6.45) is 3.97. The second kappa shape index (κ2) is 5.89. The molecule has 0 amide bonds. The van der Waals surface area contributed by atoms with Gasteiger partial charge in [-0.05, 0) is 35.4 Å². The lowest BCUT2D eigenvalue weighted by molar-refractivity contribution is 0.262. The van der Waals surface area contributed by atoms with Crippen LogP contribution in [0.4, 0.5) is 0 Å². The van der Waals surface area contributed by atoms with Gasteiger partial charge in [0, 0.05) is 6.07 Å². The van der Waals surface area contributed by atoms with Gasteiger partial charge in [0.2, 0.25) is 0 Å². The molecule has 1 fully saturated rings. The molecule has 0 radical (unpaired) electrons. The van der Waals surface area contributed by atoms with Crippen molar-refractivity contribution in [2.75, 3.05) is 13.2 Å². The maximum atomic E-state index is 9.73. The molecule has 2 aromatic carbocycles. The topological polar surface area (TPSA) is 62.2 Å². The Labute approximate surface area is 122 Å². The van der Waals surface area contributed by atoms with E-state index in [4.69, 9.17) is 9.47 Å². The zero-order valence-electron chi connectivity index (χ0n) is 11.4. The molecule has 3 rings (SSSR count). The van der Waals surface area contributed by atoms with Gasteiger partial charge in [0.25, 0.3) is 0 Å². The van der Waals surface area contributed by atoms with E-state index >= 15 is 0 Å². The van der Waals surface area contributed by atoms with Crippen LogP contribution in [-0.2, 0) is 4.74 Å². The number of epoxide rings is 1. The minimum atomic E-state index is 0.162. The van der Waals surface area contributed by atoms with Crippen LogP contribution < -0.4 is 4.74 Å². The zero-order chi connectivity index (χ0) is 14.7. The van der Waals surface area contributed by atoms with Gasteiger partial charge in [0.15, 0.2) is 0 Å². The SMILES string of the molecule is Oc1ccc(C=Cc2cc(O)cc(OCC3CO3)c2)cc1. The highest BCUT2D eigenvalue weighted by atomic mass is 16.6. The van der Waals surface area contributed by atoms with E-state index in [0.29, 0.717) is 12.4 Å². The maximum absolute atomic E-state index is 9.73. The van der Waals surface area contributed by atoms with Gasteiger partial charge in [0.05, 0.1) is 6.61 Å². The number of phenols is 2. The third kappa shape index (κ3) is 4.00. The molecule has 1 aliphatic rings. The van der Waals surface area contributed by atoms with Crippen LogP contribution in [0.2, 0.25) is 0 Å². The van der Waals surface area contributed by atoms with E-state index in [9.17, 15) is 10.2 Å². The smallest absolute Gasteiger partial charge is 0.123 e. The summed E-state index contributed by atoms with van der Waals surface area (Å²) in [5, 5.41) is 19.0. The standard InChI is InChI=1S/C17H16O4/c18-14-5-3-12(4-6-14)1-2-13-7-15(19)9-16(8-13)20-10-17-11-21-17/h1-9,17-19H,10-11H2. The summed E-state index contributed by atoms with van der Waals surface area (Å²) in [5.41, 5.74) is 1.81. The molecule has 1 unspecified atom stereocenters. The van der Waals surface area contributed by atoms with E-state index < -0.39 is 0 Å². The molecule has 21 heavy (non-hydrogen) atoms. The van der Waals surface area contributed by atoms with E-state index in [2.05, 4.69) is 0 Å². The largest absolute Gasteiger partial charge is 0.508 e. The molecule has 1 aliphatic heterocycles. The number of benzene rings is 2. The van der Waals surface area contributed by atoms with E-state index in [-0.39, 0.29) is 17.6 Å². The van der Waals surface area contributed by atoms with E-state index in [1.807, 2.05) is 30.4 Å². The first-order valence-corrected chi connectivity index (χ1v) is 6.74. The number of hydrogen-bond donors (Lipinski definition) is 2. The summed E-state index contributed by atoms with van der Waals surface area (Å²) in [4.78, 5) is 0. The van der Waals surface area contributed by atoms with Gasteiger partial charge >= 0.3 is 0 Å². The number of phenolic OH excluding ortho intramolecular Hbond substituents is 2. The first-order valence-electron chi connectivity index (χ1n) is 6.74. The Morgan fingerprint density at radius 2 is 1.71 bits per heavy atom. The van der Waals surface area contributed by atoms with Crippen molar-refractivity contribution in [2.24, 2.45) is 0 Å². The lowest BCUT2D eigenvalue weighted by atomic mass is 10.1. The number of rotatable bonds is 5. The van der Waals surface area contributed by atoms with Crippen LogP contribution >= 0.6 is 0 Å². The Hall–Kier alpha value is -2.46. The van der Waals surface area contributed by atoms with Crippen LogP contribution in [0.5, 0.6) is 17.2 Å². The van der Waals surface area contributed by atoms with Crippen LogP contribution in [0.25, 0.3) is 12.2 Å².